The lowest BCUT2D eigenvalue weighted by molar-refractivity contribution is 0.248. The van der Waals surface area contributed by atoms with Crippen molar-refractivity contribution in [1.29, 1.82) is 0 Å². The van der Waals surface area contributed by atoms with Crippen LogP contribution in [0.25, 0.3) is 27.0 Å². The van der Waals surface area contributed by atoms with E-state index in [2.05, 4.69) is 43.1 Å². The Morgan fingerprint density at radius 1 is 1.19 bits per heavy atom. The number of nitrogens with zero attached hydrogens (tertiary/aromatic N) is 5. The summed E-state index contributed by atoms with van der Waals surface area (Å²) in [6.07, 6.45) is 2.71. The highest BCUT2D eigenvalue weighted by atomic mass is 32.2. The van der Waals surface area contributed by atoms with Crippen LogP contribution >= 0.6 is 23.1 Å². The van der Waals surface area contributed by atoms with Crippen LogP contribution in [0.2, 0.25) is 0 Å². The van der Waals surface area contributed by atoms with E-state index >= 15 is 0 Å². The SMILES string of the molecule is CC1(C)Cc2c(sc3ncn4nc(CSc5nc6ccccc6o5)nc4c23)C(C)(C)N1. The van der Waals surface area contributed by atoms with Crippen LogP contribution in [0.4, 0.5) is 0 Å². The van der Waals surface area contributed by atoms with Gasteiger partial charge in [-0.3, -0.25) is 0 Å². The van der Waals surface area contributed by atoms with Crippen molar-refractivity contribution in [3.05, 3.63) is 46.9 Å². The van der Waals surface area contributed by atoms with Gasteiger partial charge in [0, 0.05) is 16.0 Å². The molecule has 1 aliphatic rings. The number of aromatic nitrogens is 5. The van der Waals surface area contributed by atoms with Crippen LogP contribution in [-0.4, -0.2) is 30.1 Å². The summed E-state index contributed by atoms with van der Waals surface area (Å²) in [7, 11) is 0. The lowest BCUT2D eigenvalue weighted by Crippen LogP contribution is -2.54. The second-order valence-electron chi connectivity index (χ2n) is 9.18. The summed E-state index contributed by atoms with van der Waals surface area (Å²) in [5, 5.41) is 10.2. The summed E-state index contributed by atoms with van der Waals surface area (Å²) in [5.74, 6) is 1.33. The Hall–Kier alpha value is -2.49. The monoisotopic (exact) mass is 450 g/mol. The van der Waals surface area contributed by atoms with E-state index in [1.54, 1.807) is 22.2 Å². The van der Waals surface area contributed by atoms with Crippen LogP contribution in [0.5, 0.6) is 0 Å². The molecule has 4 aromatic heterocycles. The molecule has 1 aliphatic heterocycles. The standard InChI is InChI=1S/C22H22N6OS2/c1-21(2)9-12-16-18-25-15(10-30-20-24-13-7-5-6-8-14(13)29-20)26-28(18)11-23-19(16)31-17(12)22(3,4)27-21/h5-8,11,27H,9-10H2,1-4H3. The van der Waals surface area contributed by atoms with E-state index in [-0.39, 0.29) is 11.1 Å². The first-order valence-corrected chi connectivity index (χ1v) is 12.0. The zero-order valence-corrected chi connectivity index (χ0v) is 19.4. The number of rotatable bonds is 3. The lowest BCUT2D eigenvalue weighted by atomic mass is 9.82. The largest absolute Gasteiger partial charge is 0.431 e. The molecule has 6 rings (SSSR count). The number of thiophene rings is 1. The van der Waals surface area contributed by atoms with E-state index in [0.29, 0.717) is 11.0 Å². The third kappa shape index (κ3) is 3.14. The van der Waals surface area contributed by atoms with Gasteiger partial charge in [-0.1, -0.05) is 23.9 Å². The molecular weight excluding hydrogens is 428 g/mol. The molecule has 7 nitrogen and oxygen atoms in total. The number of benzene rings is 1. The fourth-order valence-corrected chi connectivity index (χ4v) is 6.56. The average Bonchev–Trinajstić information content (AvgIpc) is 3.38. The summed E-state index contributed by atoms with van der Waals surface area (Å²) in [4.78, 5) is 16.5. The Bertz CT molecular complexity index is 1430. The van der Waals surface area contributed by atoms with E-state index in [4.69, 9.17) is 14.4 Å². The molecule has 0 fully saturated rings. The molecule has 1 N–H and O–H groups in total. The fraction of sp³-hybridized carbons (Fsp3) is 0.364. The van der Waals surface area contributed by atoms with Gasteiger partial charge in [-0.05, 0) is 51.8 Å². The van der Waals surface area contributed by atoms with Crippen LogP contribution in [-0.2, 0) is 17.7 Å². The highest BCUT2D eigenvalue weighted by Crippen LogP contribution is 2.44. The van der Waals surface area contributed by atoms with Gasteiger partial charge in [0.1, 0.15) is 16.7 Å². The van der Waals surface area contributed by atoms with Crippen LogP contribution in [0.15, 0.2) is 40.2 Å². The van der Waals surface area contributed by atoms with Crippen molar-refractivity contribution in [3.63, 3.8) is 0 Å². The molecule has 0 radical (unpaired) electrons. The Labute approximate surface area is 187 Å². The fourth-order valence-electron chi connectivity index (χ4n) is 4.66. The lowest BCUT2D eigenvalue weighted by Gasteiger charge is -2.42. The molecule has 5 aromatic rings. The molecule has 158 valence electrons. The maximum absolute atomic E-state index is 5.81. The van der Waals surface area contributed by atoms with Gasteiger partial charge in [0.15, 0.2) is 17.1 Å². The molecule has 0 spiro atoms. The minimum absolute atomic E-state index is 0.00298. The van der Waals surface area contributed by atoms with Crippen LogP contribution in [0.3, 0.4) is 0 Å². The van der Waals surface area contributed by atoms with Gasteiger partial charge in [-0.25, -0.2) is 19.5 Å². The summed E-state index contributed by atoms with van der Waals surface area (Å²) >= 11 is 3.27. The molecule has 9 heteroatoms. The maximum atomic E-state index is 5.81. The molecule has 31 heavy (non-hydrogen) atoms. The zero-order chi connectivity index (χ0) is 21.4. The third-order valence-electron chi connectivity index (χ3n) is 5.61. The Morgan fingerprint density at radius 2 is 2.03 bits per heavy atom. The van der Waals surface area contributed by atoms with E-state index in [1.165, 1.54) is 22.2 Å². The van der Waals surface area contributed by atoms with E-state index in [0.717, 1.165) is 39.2 Å². The van der Waals surface area contributed by atoms with E-state index < -0.39 is 0 Å². The van der Waals surface area contributed by atoms with Crippen molar-refractivity contribution in [2.45, 2.75) is 56.2 Å². The number of hydrogen-bond donors (Lipinski definition) is 1. The third-order valence-corrected chi connectivity index (χ3v) is 7.90. The first-order chi connectivity index (χ1) is 14.8. The number of para-hydroxylation sites is 2. The smallest absolute Gasteiger partial charge is 0.257 e. The summed E-state index contributed by atoms with van der Waals surface area (Å²) in [5.41, 5.74) is 3.78. The second kappa shape index (κ2) is 6.51. The summed E-state index contributed by atoms with van der Waals surface area (Å²) in [6.45, 7) is 8.99. The molecule has 0 aliphatic carbocycles. The quantitative estimate of drug-likeness (QED) is 0.390. The van der Waals surface area contributed by atoms with Gasteiger partial charge < -0.3 is 9.73 Å². The molecule has 0 saturated carbocycles. The Morgan fingerprint density at radius 3 is 2.87 bits per heavy atom. The molecule has 0 amide bonds. The minimum Gasteiger partial charge on any atom is -0.431 e. The van der Waals surface area contributed by atoms with Crippen molar-refractivity contribution in [2.24, 2.45) is 0 Å². The first kappa shape index (κ1) is 19.2. The summed E-state index contributed by atoms with van der Waals surface area (Å²) < 4.78 is 7.62. The van der Waals surface area contributed by atoms with Crippen molar-refractivity contribution in [1.82, 2.24) is 29.9 Å². The van der Waals surface area contributed by atoms with Gasteiger partial charge in [-0.2, -0.15) is 0 Å². The second-order valence-corrected chi connectivity index (χ2v) is 11.1. The Kier molecular flexibility index (Phi) is 4.03. The molecule has 1 aromatic carbocycles. The van der Waals surface area contributed by atoms with Gasteiger partial charge >= 0.3 is 0 Å². The van der Waals surface area contributed by atoms with Crippen LogP contribution in [0.1, 0.15) is 44.0 Å². The number of fused-ring (bicyclic) bond motifs is 6. The Balaban J connectivity index is 1.40. The molecule has 0 atom stereocenters. The van der Waals surface area contributed by atoms with Crippen LogP contribution < -0.4 is 5.32 Å². The topological polar surface area (TPSA) is 81.1 Å². The van der Waals surface area contributed by atoms with E-state index in [1.807, 2.05) is 24.3 Å². The van der Waals surface area contributed by atoms with Crippen molar-refractivity contribution < 1.29 is 4.42 Å². The number of thioether (sulfide) groups is 1. The summed E-state index contributed by atoms with van der Waals surface area (Å²) in [6, 6.07) is 7.78. The number of oxazole rings is 1. The first-order valence-electron chi connectivity index (χ1n) is 10.2. The van der Waals surface area contributed by atoms with Gasteiger partial charge in [0.05, 0.1) is 11.1 Å². The van der Waals surface area contributed by atoms with Crippen molar-refractivity contribution >= 4 is 50.1 Å². The molecular formula is C22H22N6OS2. The van der Waals surface area contributed by atoms with Gasteiger partial charge in [-0.15, -0.1) is 16.4 Å². The number of nitrogens with one attached hydrogen (secondary N) is 1. The highest BCUT2D eigenvalue weighted by Gasteiger charge is 2.39. The molecule has 0 bridgehead atoms. The zero-order valence-electron chi connectivity index (χ0n) is 17.8. The molecule has 5 heterocycles. The highest BCUT2D eigenvalue weighted by molar-refractivity contribution is 7.98. The maximum Gasteiger partial charge on any atom is 0.257 e. The predicted molar refractivity (Wildman–Crippen MR) is 124 cm³/mol. The van der Waals surface area contributed by atoms with Crippen molar-refractivity contribution in [2.75, 3.05) is 0 Å². The molecule has 0 unspecified atom stereocenters. The normalized spacial score (nSPS) is 17.5. The van der Waals surface area contributed by atoms with Crippen LogP contribution in [0, 0.1) is 0 Å². The van der Waals surface area contributed by atoms with Crippen molar-refractivity contribution in [3.8, 4) is 0 Å². The van der Waals surface area contributed by atoms with Gasteiger partial charge in [0.25, 0.3) is 5.22 Å². The van der Waals surface area contributed by atoms with Gasteiger partial charge in [0.2, 0.25) is 0 Å². The van der Waals surface area contributed by atoms with E-state index in [9.17, 15) is 0 Å². The number of hydrogen-bond acceptors (Lipinski definition) is 8. The predicted octanol–water partition coefficient (Wildman–Crippen LogP) is 4.93. The average molecular weight is 451 g/mol. The molecule has 0 saturated heterocycles. The minimum atomic E-state index is -0.106.